The fourth-order valence-electron chi connectivity index (χ4n) is 1.46. The molecule has 1 rings (SSSR count). The fraction of sp³-hybridized carbons (Fsp3) is 0.417. The minimum absolute atomic E-state index is 0.0116. The fourth-order valence-corrected chi connectivity index (χ4v) is 1.46. The molecule has 0 aliphatic carbocycles. The number of carboxylic acids is 1. The summed E-state index contributed by atoms with van der Waals surface area (Å²) in [6.45, 7) is 2.25. The predicted octanol–water partition coefficient (Wildman–Crippen LogP) is 1.79. The van der Waals surface area contributed by atoms with Gasteiger partial charge in [0.15, 0.2) is 0 Å². The van der Waals surface area contributed by atoms with Crippen LogP contribution in [0, 0.1) is 15.9 Å². The van der Waals surface area contributed by atoms with Gasteiger partial charge >= 0.3 is 5.97 Å². The molecule has 2 N–H and O–H groups in total. The molecule has 0 amide bonds. The number of hydrogen-bond acceptors (Lipinski definition) is 5. The predicted molar refractivity (Wildman–Crippen MR) is 71.7 cm³/mol. The summed E-state index contributed by atoms with van der Waals surface area (Å²) in [5.74, 6) is -2.60. The average molecular weight is 285 g/mol. The van der Waals surface area contributed by atoms with Crippen LogP contribution in [0.4, 0.5) is 15.8 Å². The van der Waals surface area contributed by atoms with Crippen molar-refractivity contribution in [1.82, 2.24) is 4.90 Å². The molecule has 1 atom stereocenters. The zero-order chi connectivity index (χ0) is 15.4. The second kappa shape index (κ2) is 6.29. The number of carbonyl (C=O) groups is 1. The van der Waals surface area contributed by atoms with Gasteiger partial charge in [0.05, 0.1) is 16.6 Å². The van der Waals surface area contributed by atoms with E-state index in [9.17, 15) is 19.3 Å². The molecule has 0 fully saturated rings. The van der Waals surface area contributed by atoms with Crippen LogP contribution >= 0.6 is 0 Å². The summed E-state index contributed by atoms with van der Waals surface area (Å²) < 4.78 is 13.4. The van der Waals surface area contributed by atoms with Gasteiger partial charge in [0.2, 0.25) is 0 Å². The van der Waals surface area contributed by atoms with Crippen LogP contribution in [0.3, 0.4) is 0 Å². The van der Waals surface area contributed by atoms with E-state index in [1.54, 1.807) is 0 Å². The standard InChI is InChI=1S/C12H16FN3O4/c1-7(15(2)3)6-14-10-4-8(12(17)18)9(13)5-11(10)16(19)20/h4-5,7,14H,6H2,1-3H3,(H,17,18). The molecule has 0 bridgehead atoms. The van der Waals surface area contributed by atoms with Crippen molar-refractivity contribution < 1.29 is 19.2 Å². The van der Waals surface area contributed by atoms with E-state index in [0.717, 1.165) is 6.07 Å². The Morgan fingerprint density at radius 2 is 2.15 bits per heavy atom. The molecule has 0 aliphatic rings. The van der Waals surface area contributed by atoms with Gasteiger partial charge in [0.25, 0.3) is 5.69 Å². The first kappa shape index (κ1) is 15.8. The van der Waals surface area contributed by atoms with E-state index in [1.165, 1.54) is 0 Å². The minimum Gasteiger partial charge on any atom is -0.478 e. The number of likely N-dealkylation sites (N-methyl/N-ethyl adjacent to an activating group) is 1. The lowest BCUT2D eigenvalue weighted by atomic mass is 10.1. The summed E-state index contributed by atoms with van der Waals surface area (Å²) in [7, 11) is 3.68. The van der Waals surface area contributed by atoms with E-state index in [2.05, 4.69) is 5.32 Å². The third kappa shape index (κ3) is 3.64. The summed E-state index contributed by atoms with van der Waals surface area (Å²) in [5, 5.41) is 22.5. The molecule has 0 aromatic heterocycles. The maximum Gasteiger partial charge on any atom is 0.338 e. The van der Waals surface area contributed by atoms with Gasteiger partial charge in [0.1, 0.15) is 11.5 Å². The molecule has 0 saturated carbocycles. The highest BCUT2D eigenvalue weighted by molar-refractivity contribution is 5.90. The SMILES string of the molecule is CC(CNc1cc(C(=O)O)c(F)cc1[N+](=O)[O-])N(C)C. The van der Waals surface area contributed by atoms with E-state index in [-0.39, 0.29) is 11.7 Å². The second-order valence-electron chi connectivity index (χ2n) is 4.60. The number of carboxylic acid groups (broad SMARTS) is 1. The van der Waals surface area contributed by atoms with E-state index >= 15 is 0 Å². The lowest BCUT2D eigenvalue weighted by Crippen LogP contribution is -2.31. The summed E-state index contributed by atoms with van der Waals surface area (Å²) in [6.07, 6.45) is 0. The van der Waals surface area contributed by atoms with Gasteiger partial charge in [-0.2, -0.15) is 0 Å². The zero-order valence-electron chi connectivity index (χ0n) is 11.4. The van der Waals surface area contributed by atoms with Gasteiger partial charge < -0.3 is 15.3 Å². The average Bonchev–Trinajstić information content (AvgIpc) is 2.35. The molecule has 7 nitrogen and oxygen atoms in total. The molecule has 0 saturated heterocycles. The number of hydrogen-bond donors (Lipinski definition) is 2. The monoisotopic (exact) mass is 285 g/mol. The van der Waals surface area contributed by atoms with Crippen LogP contribution in [-0.4, -0.2) is 47.6 Å². The van der Waals surface area contributed by atoms with Crippen molar-refractivity contribution in [2.45, 2.75) is 13.0 Å². The highest BCUT2D eigenvalue weighted by atomic mass is 19.1. The Bertz CT molecular complexity index is 534. The van der Waals surface area contributed by atoms with Crippen LogP contribution in [0.25, 0.3) is 0 Å². The number of aromatic carboxylic acids is 1. The Morgan fingerprint density at radius 3 is 2.60 bits per heavy atom. The molecule has 0 radical (unpaired) electrons. The zero-order valence-corrected chi connectivity index (χ0v) is 11.4. The number of nitrogens with zero attached hydrogens (tertiary/aromatic N) is 2. The Hall–Kier alpha value is -2.22. The normalized spacial score (nSPS) is 12.2. The van der Waals surface area contributed by atoms with E-state index < -0.39 is 28.0 Å². The maximum absolute atomic E-state index is 13.4. The number of nitro benzene ring substituents is 1. The van der Waals surface area contributed by atoms with Crippen LogP contribution in [0.15, 0.2) is 12.1 Å². The summed E-state index contributed by atoms with van der Waals surface area (Å²) in [4.78, 5) is 22.9. The molecular formula is C12H16FN3O4. The maximum atomic E-state index is 13.4. The first-order valence-electron chi connectivity index (χ1n) is 5.85. The van der Waals surface area contributed by atoms with E-state index in [1.807, 2.05) is 25.9 Å². The Morgan fingerprint density at radius 1 is 1.55 bits per heavy atom. The third-order valence-electron chi connectivity index (χ3n) is 2.98. The van der Waals surface area contributed by atoms with Crippen LogP contribution in [0.2, 0.25) is 0 Å². The Kier molecular flexibility index (Phi) is 4.98. The lowest BCUT2D eigenvalue weighted by molar-refractivity contribution is -0.384. The van der Waals surface area contributed by atoms with Gasteiger partial charge in [0, 0.05) is 12.6 Å². The van der Waals surface area contributed by atoms with Gasteiger partial charge in [-0.3, -0.25) is 10.1 Å². The molecule has 20 heavy (non-hydrogen) atoms. The van der Waals surface area contributed by atoms with Gasteiger partial charge in [-0.05, 0) is 27.1 Å². The van der Waals surface area contributed by atoms with Crippen molar-refractivity contribution in [1.29, 1.82) is 0 Å². The van der Waals surface area contributed by atoms with Gasteiger partial charge in [-0.15, -0.1) is 0 Å². The van der Waals surface area contributed by atoms with E-state index in [0.29, 0.717) is 12.6 Å². The molecule has 0 heterocycles. The Balaban J connectivity index is 3.11. The quantitative estimate of drug-likeness (QED) is 0.611. The largest absolute Gasteiger partial charge is 0.478 e. The summed E-state index contributed by atoms with van der Waals surface area (Å²) >= 11 is 0. The Labute approximate surface area is 115 Å². The van der Waals surface area contributed by atoms with Gasteiger partial charge in [-0.25, -0.2) is 9.18 Å². The van der Waals surface area contributed by atoms with Crippen molar-refractivity contribution in [3.63, 3.8) is 0 Å². The highest BCUT2D eigenvalue weighted by Crippen LogP contribution is 2.28. The minimum atomic E-state index is -1.47. The smallest absolute Gasteiger partial charge is 0.338 e. The molecule has 1 aromatic carbocycles. The van der Waals surface area contributed by atoms with Crippen LogP contribution in [0.5, 0.6) is 0 Å². The first-order chi connectivity index (χ1) is 9.23. The second-order valence-corrected chi connectivity index (χ2v) is 4.60. The molecule has 0 aliphatic heterocycles. The van der Waals surface area contributed by atoms with Gasteiger partial charge in [-0.1, -0.05) is 0 Å². The number of halogens is 1. The summed E-state index contributed by atoms with van der Waals surface area (Å²) in [5.41, 5.74) is -1.10. The van der Waals surface area contributed by atoms with E-state index in [4.69, 9.17) is 5.11 Å². The molecule has 1 aromatic rings. The van der Waals surface area contributed by atoms with Crippen LogP contribution in [-0.2, 0) is 0 Å². The topological polar surface area (TPSA) is 95.7 Å². The van der Waals surface area contributed by atoms with Crippen molar-refractivity contribution in [3.8, 4) is 0 Å². The van der Waals surface area contributed by atoms with Crippen molar-refractivity contribution >= 4 is 17.3 Å². The summed E-state index contributed by atoms with van der Waals surface area (Å²) in [6, 6.07) is 1.62. The number of benzene rings is 1. The lowest BCUT2D eigenvalue weighted by Gasteiger charge is -2.20. The molecule has 0 spiro atoms. The number of rotatable bonds is 6. The number of nitro groups is 1. The molecule has 8 heteroatoms. The molecule has 1 unspecified atom stereocenters. The van der Waals surface area contributed by atoms with Crippen molar-refractivity contribution in [3.05, 3.63) is 33.6 Å². The van der Waals surface area contributed by atoms with Crippen molar-refractivity contribution in [2.75, 3.05) is 26.0 Å². The van der Waals surface area contributed by atoms with Crippen LogP contribution in [0.1, 0.15) is 17.3 Å². The highest BCUT2D eigenvalue weighted by Gasteiger charge is 2.21. The van der Waals surface area contributed by atoms with Crippen molar-refractivity contribution in [2.24, 2.45) is 0 Å². The molecular weight excluding hydrogens is 269 g/mol. The first-order valence-corrected chi connectivity index (χ1v) is 5.85. The third-order valence-corrected chi connectivity index (χ3v) is 2.98. The molecule has 110 valence electrons. The number of nitrogens with one attached hydrogen (secondary N) is 1. The van der Waals surface area contributed by atoms with Crippen LogP contribution < -0.4 is 5.32 Å². The number of anilines is 1.